The fourth-order valence-corrected chi connectivity index (χ4v) is 1.50. The monoisotopic (exact) mass is 277 g/mol. The summed E-state index contributed by atoms with van der Waals surface area (Å²) in [6.45, 7) is 3.71. The largest absolute Gasteiger partial charge is 0.486 e. The molecular formula is C13H15N3O4. The standard InChI is InChI=1S/C13H15N3O4/c1-9(2)15-13(17)5-6-20-12-4-3-10(8-14)7-11(12)16(18)19/h3-4,7,9H,5-6H2,1-2H3,(H,15,17). The summed E-state index contributed by atoms with van der Waals surface area (Å²) >= 11 is 0. The molecule has 0 aliphatic heterocycles. The lowest BCUT2D eigenvalue weighted by atomic mass is 10.2. The van der Waals surface area contributed by atoms with Crippen LogP contribution in [0, 0.1) is 21.4 Å². The van der Waals surface area contributed by atoms with Crippen molar-refractivity contribution < 1.29 is 14.5 Å². The van der Waals surface area contributed by atoms with E-state index < -0.39 is 4.92 Å². The Morgan fingerprint density at radius 1 is 1.55 bits per heavy atom. The van der Waals surface area contributed by atoms with Gasteiger partial charge in [0.15, 0.2) is 5.75 Å². The molecule has 0 fully saturated rings. The molecule has 0 saturated carbocycles. The zero-order valence-electron chi connectivity index (χ0n) is 11.3. The van der Waals surface area contributed by atoms with Crippen molar-refractivity contribution in [1.82, 2.24) is 5.32 Å². The minimum Gasteiger partial charge on any atom is -0.486 e. The number of nitriles is 1. The normalized spacial score (nSPS) is 9.90. The third-order valence-electron chi connectivity index (χ3n) is 2.32. The fraction of sp³-hybridized carbons (Fsp3) is 0.385. The van der Waals surface area contributed by atoms with Gasteiger partial charge in [-0.2, -0.15) is 5.26 Å². The lowest BCUT2D eigenvalue weighted by Gasteiger charge is -2.09. The Morgan fingerprint density at radius 3 is 2.80 bits per heavy atom. The second-order valence-electron chi connectivity index (χ2n) is 4.37. The van der Waals surface area contributed by atoms with E-state index in [0.717, 1.165) is 6.07 Å². The number of carbonyl (C=O) groups is 1. The van der Waals surface area contributed by atoms with Crippen LogP contribution < -0.4 is 10.1 Å². The van der Waals surface area contributed by atoms with Crippen molar-refractivity contribution in [3.05, 3.63) is 33.9 Å². The maximum Gasteiger partial charge on any atom is 0.312 e. The molecule has 1 rings (SSSR count). The molecule has 0 heterocycles. The summed E-state index contributed by atoms with van der Waals surface area (Å²) in [4.78, 5) is 21.6. The minimum atomic E-state index is -0.621. The maximum absolute atomic E-state index is 11.4. The van der Waals surface area contributed by atoms with Crippen molar-refractivity contribution in [3.8, 4) is 11.8 Å². The van der Waals surface area contributed by atoms with Gasteiger partial charge in [0.05, 0.1) is 29.6 Å². The topological polar surface area (TPSA) is 105 Å². The van der Waals surface area contributed by atoms with Crippen molar-refractivity contribution in [2.45, 2.75) is 26.3 Å². The van der Waals surface area contributed by atoms with E-state index in [1.165, 1.54) is 12.1 Å². The summed E-state index contributed by atoms with van der Waals surface area (Å²) in [7, 11) is 0. The molecule has 0 atom stereocenters. The van der Waals surface area contributed by atoms with Gasteiger partial charge in [-0.15, -0.1) is 0 Å². The Labute approximate surface area is 116 Å². The first-order chi connectivity index (χ1) is 9.43. The second-order valence-corrected chi connectivity index (χ2v) is 4.37. The van der Waals surface area contributed by atoms with E-state index in [1.807, 2.05) is 19.9 Å². The summed E-state index contributed by atoms with van der Waals surface area (Å²) in [6, 6.07) is 5.78. The van der Waals surface area contributed by atoms with Gasteiger partial charge in [-0.3, -0.25) is 14.9 Å². The highest BCUT2D eigenvalue weighted by atomic mass is 16.6. The van der Waals surface area contributed by atoms with Crippen LogP contribution >= 0.6 is 0 Å². The zero-order chi connectivity index (χ0) is 15.1. The maximum atomic E-state index is 11.4. The first-order valence-corrected chi connectivity index (χ1v) is 6.04. The van der Waals surface area contributed by atoms with Crippen molar-refractivity contribution in [3.63, 3.8) is 0 Å². The zero-order valence-corrected chi connectivity index (χ0v) is 11.3. The SMILES string of the molecule is CC(C)NC(=O)CCOc1ccc(C#N)cc1[N+](=O)[O-]. The molecule has 0 radical (unpaired) electrons. The van der Waals surface area contributed by atoms with Gasteiger partial charge < -0.3 is 10.1 Å². The van der Waals surface area contributed by atoms with Crippen LogP contribution in [0.5, 0.6) is 5.75 Å². The molecule has 1 amide bonds. The quantitative estimate of drug-likeness (QED) is 0.630. The van der Waals surface area contributed by atoms with E-state index in [0.29, 0.717) is 0 Å². The van der Waals surface area contributed by atoms with Crippen LogP contribution in [0.1, 0.15) is 25.8 Å². The number of amides is 1. The Bertz CT molecular complexity index is 549. The molecule has 0 aliphatic carbocycles. The molecule has 7 heteroatoms. The smallest absolute Gasteiger partial charge is 0.312 e. The minimum absolute atomic E-state index is 0.0330. The molecule has 7 nitrogen and oxygen atoms in total. The Kier molecular flexibility index (Phi) is 5.47. The number of hydrogen-bond donors (Lipinski definition) is 1. The van der Waals surface area contributed by atoms with Crippen LogP contribution in [0.2, 0.25) is 0 Å². The second kappa shape index (κ2) is 7.09. The Morgan fingerprint density at radius 2 is 2.25 bits per heavy atom. The fourth-order valence-electron chi connectivity index (χ4n) is 1.50. The lowest BCUT2D eigenvalue weighted by molar-refractivity contribution is -0.385. The van der Waals surface area contributed by atoms with Gasteiger partial charge in [-0.25, -0.2) is 0 Å². The van der Waals surface area contributed by atoms with E-state index in [1.54, 1.807) is 0 Å². The van der Waals surface area contributed by atoms with Crippen molar-refractivity contribution in [2.75, 3.05) is 6.61 Å². The Hall–Kier alpha value is -2.62. The summed E-state index contributed by atoms with van der Waals surface area (Å²) in [5.41, 5.74) is -0.102. The van der Waals surface area contributed by atoms with Gasteiger partial charge in [0, 0.05) is 12.1 Å². The van der Waals surface area contributed by atoms with E-state index in [9.17, 15) is 14.9 Å². The molecule has 0 aliphatic rings. The number of nitro benzene ring substituents is 1. The van der Waals surface area contributed by atoms with Gasteiger partial charge in [0.2, 0.25) is 5.91 Å². The molecule has 0 unspecified atom stereocenters. The van der Waals surface area contributed by atoms with Crippen molar-refractivity contribution in [1.29, 1.82) is 5.26 Å². The molecule has 1 N–H and O–H groups in total. The number of nitrogens with zero attached hydrogens (tertiary/aromatic N) is 2. The highest BCUT2D eigenvalue weighted by Gasteiger charge is 2.16. The molecule has 1 aromatic carbocycles. The van der Waals surface area contributed by atoms with Crippen LogP contribution in [-0.4, -0.2) is 23.5 Å². The number of hydrogen-bond acceptors (Lipinski definition) is 5. The highest BCUT2D eigenvalue weighted by Crippen LogP contribution is 2.27. The predicted octanol–water partition coefficient (Wildman–Crippen LogP) is 1.76. The number of nitrogens with one attached hydrogen (secondary N) is 1. The summed E-state index contributed by atoms with van der Waals surface area (Å²) in [5.74, 6) is -0.136. The lowest BCUT2D eigenvalue weighted by Crippen LogP contribution is -2.31. The molecular weight excluding hydrogens is 262 g/mol. The molecule has 0 spiro atoms. The number of nitro groups is 1. The van der Waals surface area contributed by atoms with Crippen LogP contribution in [-0.2, 0) is 4.79 Å². The van der Waals surface area contributed by atoms with E-state index >= 15 is 0 Å². The average Bonchev–Trinajstić information content (AvgIpc) is 2.37. The molecule has 0 saturated heterocycles. The number of ether oxygens (including phenoxy) is 1. The first kappa shape index (κ1) is 15.4. The van der Waals surface area contributed by atoms with E-state index in [2.05, 4.69) is 5.32 Å². The van der Waals surface area contributed by atoms with Crippen LogP contribution in [0.4, 0.5) is 5.69 Å². The number of rotatable bonds is 6. The summed E-state index contributed by atoms with van der Waals surface area (Å²) in [6.07, 6.45) is 0.106. The highest BCUT2D eigenvalue weighted by molar-refractivity contribution is 5.76. The molecule has 0 aromatic heterocycles. The number of carbonyl (C=O) groups excluding carboxylic acids is 1. The average molecular weight is 277 g/mol. The Balaban J connectivity index is 2.67. The van der Waals surface area contributed by atoms with Gasteiger partial charge in [0.25, 0.3) is 0 Å². The van der Waals surface area contributed by atoms with Gasteiger partial charge in [-0.05, 0) is 26.0 Å². The van der Waals surface area contributed by atoms with E-state index in [-0.39, 0.29) is 42.0 Å². The molecule has 0 bridgehead atoms. The van der Waals surface area contributed by atoms with Crippen LogP contribution in [0.3, 0.4) is 0 Å². The third-order valence-corrected chi connectivity index (χ3v) is 2.32. The number of benzene rings is 1. The van der Waals surface area contributed by atoms with Gasteiger partial charge in [-0.1, -0.05) is 0 Å². The molecule has 1 aromatic rings. The van der Waals surface area contributed by atoms with Crippen LogP contribution in [0.15, 0.2) is 18.2 Å². The summed E-state index contributed by atoms with van der Waals surface area (Å²) in [5, 5.41) is 22.3. The van der Waals surface area contributed by atoms with Crippen molar-refractivity contribution in [2.24, 2.45) is 0 Å². The van der Waals surface area contributed by atoms with E-state index in [4.69, 9.17) is 10.00 Å². The third kappa shape index (κ3) is 4.57. The molecule has 106 valence electrons. The predicted molar refractivity (Wildman–Crippen MR) is 71.2 cm³/mol. The van der Waals surface area contributed by atoms with Crippen molar-refractivity contribution >= 4 is 11.6 Å². The first-order valence-electron chi connectivity index (χ1n) is 6.04. The van der Waals surface area contributed by atoms with Crippen LogP contribution in [0.25, 0.3) is 0 Å². The summed E-state index contributed by atoms with van der Waals surface area (Å²) < 4.78 is 5.24. The van der Waals surface area contributed by atoms with Gasteiger partial charge in [0.1, 0.15) is 0 Å². The molecule has 20 heavy (non-hydrogen) atoms. The van der Waals surface area contributed by atoms with Gasteiger partial charge >= 0.3 is 5.69 Å².